The lowest BCUT2D eigenvalue weighted by Gasteiger charge is -2.05. The van der Waals surface area contributed by atoms with Crippen LogP contribution in [0.2, 0.25) is 5.02 Å². The van der Waals surface area contributed by atoms with E-state index >= 15 is 0 Å². The summed E-state index contributed by atoms with van der Waals surface area (Å²) >= 11 is 7.40. The number of ether oxygens (including phenoxy) is 1. The van der Waals surface area contributed by atoms with Crippen LogP contribution in [0.1, 0.15) is 11.1 Å². The summed E-state index contributed by atoms with van der Waals surface area (Å²) in [5.74, 6) is 0.405. The molecule has 0 bridgehead atoms. The average molecular weight is 474 g/mol. The van der Waals surface area contributed by atoms with Gasteiger partial charge in [0.05, 0.1) is 12.0 Å². The largest absolute Gasteiger partial charge is 0.494 e. The lowest BCUT2D eigenvalue weighted by atomic mass is 10.1. The van der Waals surface area contributed by atoms with Gasteiger partial charge in [-0.2, -0.15) is 0 Å². The first-order valence-electron chi connectivity index (χ1n) is 10.4. The Balaban J connectivity index is 1.48. The van der Waals surface area contributed by atoms with Crippen molar-refractivity contribution in [3.63, 3.8) is 0 Å². The fourth-order valence-electron chi connectivity index (χ4n) is 3.78. The van der Waals surface area contributed by atoms with E-state index in [2.05, 4.69) is 45.3 Å². The van der Waals surface area contributed by atoms with Crippen LogP contribution in [0.25, 0.3) is 17.0 Å². The van der Waals surface area contributed by atoms with Crippen molar-refractivity contribution in [1.82, 2.24) is 9.88 Å². The lowest BCUT2D eigenvalue weighted by Crippen LogP contribution is -2.19. The average Bonchev–Trinajstić information content (AvgIpc) is 3.34. The Labute approximate surface area is 200 Å². The number of hydrogen-bond acceptors (Lipinski definition) is 4. The predicted octanol–water partition coefficient (Wildman–Crippen LogP) is 6.24. The summed E-state index contributed by atoms with van der Waals surface area (Å²) in [6.07, 6.45) is 4.01. The van der Waals surface area contributed by atoms with Gasteiger partial charge >= 0.3 is 0 Å². The number of aromatic nitrogens is 1. The number of para-hydroxylation sites is 1. The number of carbonyl (C=O) groups excluding carboxylic acids is 1. The molecule has 0 aliphatic carbocycles. The van der Waals surface area contributed by atoms with Crippen LogP contribution in [0.4, 0.5) is 5.69 Å². The second-order valence-electron chi connectivity index (χ2n) is 7.51. The highest BCUT2D eigenvalue weighted by Gasteiger charge is 2.25. The summed E-state index contributed by atoms with van der Waals surface area (Å²) in [4.78, 5) is 17.8. The van der Waals surface area contributed by atoms with Crippen LogP contribution in [0.5, 0.6) is 5.75 Å². The zero-order valence-corrected chi connectivity index (χ0v) is 19.4. The van der Waals surface area contributed by atoms with Gasteiger partial charge in [0.2, 0.25) is 0 Å². The van der Waals surface area contributed by atoms with E-state index in [0.29, 0.717) is 26.5 Å². The third-order valence-corrected chi connectivity index (χ3v) is 6.46. The second kappa shape index (κ2) is 9.17. The molecule has 1 N–H and O–H groups in total. The summed E-state index contributed by atoms with van der Waals surface area (Å²) in [6.45, 7) is 0.755. The minimum absolute atomic E-state index is 0.181. The predicted molar refractivity (Wildman–Crippen MR) is 136 cm³/mol. The molecule has 7 heteroatoms. The van der Waals surface area contributed by atoms with Gasteiger partial charge in [-0.15, -0.1) is 0 Å². The van der Waals surface area contributed by atoms with Crippen molar-refractivity contribution in [2.45, 2.75) is 6.54 Å². The highest BCUT2D eigenvalue weighted by Crippen LogP contribution is 2.35. The molecule has 1 fully saturated rings. The number of halogens is 1. The zero-order chi connectivity index (χ0) is 22.8. The minimum atomic E-state index is -0.181. The Bertz CT molecular complexity index is 1410. The summed E-state index contributed by atoms with van der Waals surface area (Å²) < 4.78 is 7.56. The van der Waals surface area contributed by atoms with Crippen molar-refractivity contribution >= 4 is 57.1 Å². The Morgan fingerprint density at radius 3 is 2.70 bits per heavy atom. The number of benzene rings is 3. The molecular formula is C26H20ClN3O2S. The first-order chi connectivity index (χ1) is 16.1. The molecule has 0 saturated carbocycles. The van der Waals surface area contributed by atoms with Crippen LogP contribution in [0.3, 0.4) is 0 Å². The normalized spacial score (nSPS) is 16.0. The molecule has 2 heterocycles. The Morgan fingerprint density at radius 1 is 1.09 bits per heavy atom. The number of amides is 1. The van der Waals surface area contributed by atoms with Crippen molar-refractivity contribution in [2.75, 3.05) is 7.11 Å². The van der Waals surface area contributed by atoms with Crippen LogP contribution in [0.15, 0.2) is 88.9 Å². The van der Waals surface area contributed by atoms with Gasteiger partial charge in [0, 0.05) is 34.2 Å². The summed E-state index contributed by atoms with van der Waals surface area (Å²) in [7, 11) is 1.57. The van der Waals surface area contributed by atoms with Gasteiger partial charge in [0.15, 0.2) is 5.17 Å². The standard InChI is InChI=1S/C26H20ClN3O2S/c1-32-23-12-11-19(27)14-21(23)28-26-29-25(31)24(33-26)13-18-16-30(15-17-7-3-2-4-8-17)22-10-6-5-9-20(18)22/h2-14,16H,15H2,1H3,(H,28,29,31)/b24-13-. The molecular weight excluding hydrogens is 454 g/mol. The Kier molecular flexibility index (Phi) is 5.94. The number of rotatable bonds is 5. The molecule has 1 aliphatic rings. The van der Waals surface area contributed by atoms with Crippen LogP contribution < -0.4 is 10.1 Å². The molecule has 4 aromatic rings. The number of nitrogens with zero attached hydrogens (tertiary/aromatic N) is 2. The van der Waals surface area contributed by atoms with Crippen LogP contribution >= 0.6 is 23.4 Å². The van der Waals surface area contributed by atoms with Crippen LogP contribution in [0, 0.1) is 0 Å². The third-order valence-electron chi connectivity index (χ3n) is 5.32. The number of hydrogen-bond donors (Lipinski definition) is 1. The van der Waals surface area contributed by atoms with Gasteiger partial charge in [0.25, 0.3) is 5.91 Å². The van der Waals surface area contributed by atoms with Gasteiger partial charge in [-0.05, 0) is 47.7 Å². The molecule has 1 amide bonds. The fourth-order valence-corrected chi connectivity index (χ4v) is 4.77. The number of thioether (sulfide) groups is 1. The number of carbonyl (C=O) groups is 1. The monoisotopic (exact) mass is 473 g/mol. The van der Waals surface area contributed by atoms with Crippen molar-refractivity contribution in [3.8, 4) is 5.75 Å². The molecule has 5 rings (SSSR count). The van der Waals surface area contributed by atoms with Gasteiger partial charge in [-0.1, -0.05) is 60.1 Å². The van der Waals surface area contributed by atoms with Gasteiger partial charge < -0.3 is 14.6 Å². The summed E-state index contributed by atoms with van der Waals surface area (Å²) in [5, 5.41) is 4.97. The minimum Gasteiger partial charge on any atom is -0.494 e. The maximum atomic E-state index is 12.7. The van der Waals surface area contributed by atoms with Gasteiger partial charge in [0.1, 0.15) is 11.4 Å². The third kappa shape index (κ3) is 4.53. The number of methoxy groups -OCH3 is 1. The Hall–Kier alpha value is -3.48. The molecule has 1 saturated heterocycles. The molecule has 0 atom stereocenters. The van der Waals surface area contributed by atoms with E-state index in [-0.39, 0.29) is 5.91 Å². The molecule has 164 valence electrons. The molecule has 1 aromatic heterocycles. The molecule has 0 spiro atoms. The van der Waals surface area contributed by atoms with Gasteiger partial charge in [-0.3, -0.25) is 4.79 Å². The van der Waals surface area contributed by atoms with Gasteiger partial charge in [-0.25, -0.2) is 4.99 Å². The Morgan fingerprint density at radius 2 is 1.88 bits per heavy atom. The van der Waals surface area contributed by atoms with Crippen molar-refractivity contribution in [3.05, 3.63) is 100 Å². The highest BCUT2D eigenvalue weighted by atomic mass is 35.5. The quantitative estimate of drug-likeness (QED) is 0.349. The lowest BCUT2D eigenvalue weighted by molar-refractivity contribution is -0.115. The van der Waals surface area contributed by atoms with E-state index in [1.165, 1.54) is 17.3 Å². The van der Waals surface area contributed by atoms with E-state index in [4.69, 9.17) is 16.3 Å². The summed E-state index contributed by atoms with van der Waals surface area (Å²) in [6, 6.07) is 23.7. The van der Waals surface area contributed by atoms with E-state index in [1.807, 2.05) is 36.4 Å². The van der Waals surface area contributed by atoms with E-state index in [0.717, 1.165) is 23.0 Å². The molecule has 5 nitrogen and oxygen atoms in total. The number of aliphatic imine (C=N–C) groups is 1. The number of amidine groups is 1. The molecule has 0 radical (unpaired) electrons. The molecule has 0 unspecified atom stereocenters. The molecule has 1 aliphatic heterocycles. The first kappa shape index (κ1) is 21.4. The number of fused-ring (bicyclic) bond motifs is 1. The van der Waals surface area contributed by atoms with Crippen molar-refractivity contribution in [2.24, 2.45) is 4.99 Å². The summed E-state index contributed by atoms with van der Waals surface area (Å²) in [5.41, 5.74) is 3.89. The first-order valence-corrected chi connectivity index (χ1v) is 11.5. The second-order valence-corrected chi connectivity index (χ2v) is 8.98. The molecule has 33 heavy (non-hydrogen) atoms. The smallest absolute Gasteiger partial charge is 0.264 e. The number of nitrogens with one attached hydrogen (secondary N) is 1. The highest BCUT2D eigenvalue weighted by molar-refractivity contribution is 8.18. The van der Waals surface area contributed by atoms with E-state index in [9.17, 15) is 4.79 Å². The fraction of sp³-hybridized carbons (Fsp3) is 0.0769. The SMILES string of the molecule is COc1ccc(Cl)cc1N=C1NC(=O)/C(=C/c2cn(Cc3ccccc3)c3ccccc23)S1. The maximum absolute atomic E-state index is 12.7. The van der Waals surface area contributed by atoms with Crippen LogP contribution in [-0.2, 0) is 11.3 Å². The van der Waals surface area contributed by atoms with Crippen molar-refractivity contribution < 1.29 is 9.53 Å². The molecule has 3 aromatic carbocycles. The van der Waals surface area contributed by atoms with Crippen LogP contribution in [-0.4, -0.2) is 22.8 Å². The van der Waals surface area contributed by atoms with E-state index in [1.54, 1.807) is 25.3 Å². The zero-order valence-electron chi connectivity index (χ0n) is 17.8. The van der Waals surface area contributed by atoms with E-state index < -0.39 is 0 Å². The van der Waals surface area contributed by atoms with Crippen molar-refractivity contribution in [1.29, 1.82) is 0 Å². The maximum Gasteiger partial charge on any atom is 0.264 e. The topological polar surface area (TPSA) is 55.6 Å².